The maximum absolute atomic E-state index is 12.6. The van der Waals surface area contributed by atoms with Crippen molar-refractivity contribution in [2.24, 2.45) is 0 Å². The maximum atomic E-state index is 12.6. The Hall–Kier alpha value is -1.54. The molecule has 122 valence electrons. The number of nitrogens with one attached hydrogen (secondary N) is 1. The molecule has 0 amide bonds. The van der Waals surface area contributed by atoms with E-state index in [1.54, 1.807) is 18.4 Å². The Labute approximate surface area is 142 Å². The summed E-state index contributed by atoms with van der Waals surface area (Å²) in [6.07, 6.45) is 0. The molecule has 3 aromatic rings. The highest BCUT2D eigenvalue weighted by atomic mass is 32.1. The zero-order valence-electron chi connectivity index (χ0n) is 13.3. The van der Waals surface area contributed by atoms with Crippen LogP contribution >= 0.6 is 22.7 Å². The van der Waals surface area contributed by atoms with Gasteiger partial charge in [-0.05, 0) is 25.3 Å². The normalized spacial score (nSPS) is 14.2. The molecule has 0 aliphatic heterocycles. The minimum atomic E-state index is -0.0608. The molecule has 0 unspecified atom stereocenters. The molecule has 0 saturated carbocycles. The number of thiophene rings is 2. The van der Waals surface area contributed by atoms with Crippen LogP contribution in [0.5, 0.6) is 0 Å². The van der Waals surface area contributed by atoms with Gasteiger partial charge >= 0.3 is 0 Å². The second-order valence-electron chi connectivity index (χ2n) is 5.67. The maximum Gasteiger partial charge on any atom is 0.260 e. The van der Waals surface area contributed by atoms with E-state index in [4.69, 9.17) is 4.74 Å². The summed E-state index contributed by atoms with van der Waals surface area (Å²) in [4.78, 5) is 22.1. The third kappa shape index (κ3) is 3.37. The third-order valence-corrected chi connectivity index (χ3v) is 5.50. The molecule has 5 nitrogen and oxygen atoms in total. The molecule has 3 aromatic heterocycles. The lowest BCUT2D eigenvalue weighted by molar-refractivity contribution is -0.724. The first-order valence-electron chi connectivity index (χ1n) is 7.49. The van der Waals surface area contributed by atoms with Gasteiger partial charge in [-0.15, -0.1) is 22.7 Å². The van der Waals surface area contributed by atoms with Crippen LogP contribution in [-0.4, -0.2) is 29.7 Å². The molecule has 0 bridgehead atoms. The Morgan fingerprint density at radius 2 is 2.22 bits per heavy atom. The van der Waals surface area contributed by atoms with Gasteiger partial charge in [-0.25, -0.2) is 4.98 Å². The van der Waals surface area contributed by atoms with Crippen molar-refractivity contribution in [3.63, 3.8) is 0 Å². The van der Waals surface area contributed by atoms with Crippen LogP contribution in [0.25, 0.3) is 20.7 Å². The lowest BCUT2D eigenvalue weighted by atomic mass is 10.2. The highest BCUT2D eigenvalue weighted by Crippen LogP contribution is 2.33. The summed E-state index contributed by atoms with van der Waals surface area (Å²) in [6.45, 7) is 4.80. The SMILES string of the molecule is COC[C@@H](C)[NH2+][C@H](C)c1nc2scc(-c3cccs3)c2c(=O)[nH]1. The first-order valence-corrected chi connectivity index (χ1v) is 9.25. The molecule has 0 spiro atoms. The molecule has 3 N–H and O–H groups in total. The van der Waals surface area contributed by atoms with Gasteiger partial charge < -0.3 is 15.0 Å². The molecule has 23 heavy (non-hydrogen) atoms. The molecular formula is C16H20N3O2S2+. The molecule has 0 aliphatic rings. The number of hydrogen-bond acceptors (Lipinski definition) is 5. The number of quaternary nitrogens is 1. The lowest BCUT2D eigenvalue weighted by Gasteiger charge is -2.15. The van der Waals surface area contributed by atoms with Gasteiger partial charge in [0, 0.05) is 22.9 Å². The average molecular weight is 350 g/mol. The predicted molar refractivity (Wildman–Crippen MR) is 95.2 cm³/mol. The minimum Gasteiger partial charge on any atom is -0.379 e. The first-order chi connectivity index (χ1) is 11.1. The Morgan fingerprint density at radius 1 is 1.39 bits per heavy atom. The summed E-state index contributed by atoms with van der Waals surface area (Å²) in [7, 11) is 1.69. The van der Waals surface area contributed by atoms with E-state index in [9.17, 15) is 4.79 Å². The van der Waals surface area contributed by atoms with Gasteiger partial charge in [0.1, 0.15) is 16.9 Å². The quantitative estimate of drug-likeness (QED) is 0.717. The smallest absolute Gasteiger partial charge is 0.260 e. The van der Waals surface area contributed by atoms with Crippen LogP contribution in [0.1, 0.15) is 25.7 Å². The summed E-state index contributed by atoms with van der Waals surface area (Å²) in [5, 5.41) is 6.88. The number of hydrogen-bond donors (Lipinski definition) is 2. The molecule has 3 heterocycles. The number of nitrogens with zero attached hydrogens (tertiary/aromatic N) is 1. The van der Waals surface area contributed by atoms with E-state index in [1.807, 2.05) is 29.8 Å². The monoisotopic (exact) mass is 350 g/mol. The van der Waals surface area contributed by atoms with Crippen molar-refractivity contribution in [2.75, 3.05) is 13.7 Å². The third-order valence-electron chi connectivity index (χ3n) is 3.73. The second kappa shape index (κ2) is 6.92. The standard InChI is InChI=1S/C16H19N3O2S2/c1-9(7-21-3)17-10(2)14-18-15(20)13-11(8-23-16(13)19-14)12-5-4-6-22-12/h4-6,8-10,17H,7H2,1-3H3,(H,18,19,20)/p+1/t9-,10-/m1/s1. The van der Waals surface area contributed by atoms with Crippen LogP contribution < -0.4 is 10.9 Å². The van der Waals surface area contributed by atoms with E-state index in [-0.39, 0.29) is 11.6 Å². The van der Waals surface area contributed by atoms with Gasteiger partial charge in [0.15, 0.2) is 5.82 Å². The molecule has 3 rings (SSSR count). The lowest BCUT2D eigenvalue weighted by Crippen LogP contribution is -2.90. The number of rotatable bonds is 6. The molecule has 0 aromatic carbocycles. The van der Waals surface area contributed by atoms with Crippen LogP contribution in [0.3, 0.4) is 0 Å². The number of ether oxygens (including phenoxy) is 1. The van der Waals surface area contributed by atoms with Gasteiger partial charge in [-0.2, -0.15) is 0 Å². The number of fused-ring (bicyclic) bond motifs is 1. The number of methoxy groups -OCH3 is 1. The van der Waals surface area contributed by atoms with Crippen molar-refractivity contribution in [1.82, 2.24) is 9.97 Å². The fraction of sp³-hybridized carbons (Fsp3) is 0.375. The van der Waals surface area contributed by atoms with Gasteiger partial charge in [0.25, 0.3) is 5.56 Å². The number of nitrogens with two attached hydrogens (primary N) is 1. The number of aromatic nitrogens is 2. The van der Waals surface area contributed by atoms with Gasteiger partial charge in [-0.1, -0.05) is 6.07 Å². The summed E-state index contributed by atoms with van der Waals surface area (Å²) < 4.78 is 5.16. The zero-order valence-corrected chi connectivity index (χ0v) is 15.0. The molecular weight excluding hydrogens is 330 g/mol. The Kier molecular flexibility index (Phi) is 4.91. The molecule has 0 saturated heterocycles. The minimum absolute atomic E-state index is 0.0608. The Morgan fingerprint density at radius 3 is 2.91 bits per heavy atom. The predicted octanol–water partition coefficient (Wildman–Crippen LogP) is 2.37. The van der Waals surface area contributed by atoms with Crippen LogP contribution in [0.4, 0.5) is 0 Å². The zero-order chi connectivity index (χ0) is 16.4. The van der Waals surface area contributed by atoms with Crippen molar-refractivity contribution < 1.29 is 10.1 Å². The van der Waals surface area contributed by atoms with E-state index in [0.29, 0.717) is 23.9 Å². The highest BCUT2D eigenvalue weighted by molar-refractivity contribution is 7.18. The van der Waals surface area contributed by atoms with Crippen LogP contribution in [0.2, 0.25) is 0 Å². The fourth-order valence-electron chi connectivity index (χ4n) is 2.70. The number of H-pyrrole nitrogens is 1. The van der Waals surface area contributed by atoms with Gasteiger partial charge in [-0.3, -0.25) is 4.79 Å². The van der Waals surface area contributed by atoms with E-state index in [2.05, 4.69) is 22.2 Å². The van der Waals surface area contributed by atoms with Crippen LogP contribution in [0.15, 0.2) is 27.7 Å². The molecule has 0 aliphatic carbocycles. The van der Waals surface area contributed by atoms with Crippen molar-refractivity contribution >= 4 is 32.9 Å². The van der Waals surface area contributed by atoms with E-state index in [0.717, 1.165) is 15.3 Å². The molecule has 0 radical (unpaired) electrons. The second-order valence-corrected chi connectivity index (χ2v) is 7.48. The van der Waals surface area contributed by atoms with Gasteiger partial charge in [0.2, 0.25) is 0 Å². The van der Waals surface area contributed by atoms with Crippen LogP contribution in [0, 0.1) is 0 Å². The van der Waals surface area contributed by atoms with E-state index >= 15 is 0 Å². The summed E-state index contributed by atoms with van der Waals surface area (Å²) in [5.74, 6) is 0.713. The van der Waals surface area contributed by atoms with Gasteiger partial charge in [0.05, 0.1) is 12.0 Å². The van der Waals surface area contributed by atoms with Crippen molar-refractivity contribution in [2.45, 2.75) is 25.9 Å². The Bertz CT molecular complexity index is 839. The summed E-state index contributed by atoms with van der Waals surface area (Å²) >= 11 is 3.16. The summed E-state index contributed by atoms with van der Waals surface area (Å²) in [6, 6.07) is 4.40. The van der Waals surface area contributed by atoms with Crippen LogP contribution in [-0.2, 0) is 4.74 Å². The topological polar surface area (TPSA) is 71.6 Å². The highest BCUT2D eigenvalue weighted by Gasteiger charge is 2.19. The average Bonchev–Trinajstić information content (AvgIpc) is 3.15. The molecule has 7 heteroatoms. The van der Waals surface area contributed by atoms with E-state index in [1.165, 1.54) is 11.3 Å². The van der Waals surface area contributed by atoms with E-state index < -0.39 is 0 Å². The Balaban J connectivity index is 1.95. The summed E-state index contributed by atoms with van der Waals surface area (Å²) in [5.41, 5.74) is 0.916. The first kappa shape index (κ1) is 16.3. The molecule has 0 fully saturated rings. The molecule has 2 atom stereocenters. The fourth-order valence-corrected chi connectivity index (χ4v) is 4.47. The van der Waals surface area contributed by atoms with Crippen molar-refractivity contribution in [1.29, 1.82) is 0 Å². The number of aromatic amines is 1. The van der Waals surface area contributed by atoms with Crippen molar-refractivity contribution in [3.05, 3.63) is 39.1 Å². The largest absolute Gasteiger partial charge is 0.379 e. The van der Waals surface area contributed by atoms with Crippen molar-refractivity contribution in [3.8, 4) is 10.4 Å².